The van der Waals surface area contributed by atoms with Crippen molar-refractivity contribution in [3.63, 3.8) is 0 Å². The molecule has 0 amide bonds. The molecule has 2 aromatic rings. The van der Waals surface area contributed by atoms with E-state index in [0.29, 0.717) is 24.3 Å². The van der Waals surface area contributed by atoms with Gasteiger partial charge in [-0.3, -0.25) is 15.2 Å². The van der Waals surface area contributed by atoms with E-state index in [1.807, 2.05) is 30.9 Å². The van der Waals surface area contributed by atoms with E-state index in [0.717, 1.165) is 30.0 Å². The van der Waals surface area contributed by atoms with Crippen molar-refractivity contribution < 1.29 is 18.7 Å². The molecule has 1 aromatic carbocycles. The number of aryl methyl sites for hydroxylation is 2. The molecular weight excluding hydrogens is 387 g/mol. The van der Waals surface area contributed by atoms with E-state index in [9.17, 15) is 9.18 Å². The first kappa shape index (κ1) is 21.5. The second-order valence-electron chi connectivity index (χ2n) is 7.45. The number of ether oxygens (including phenoxy) is 2. The van der Waals surface area contributed by atoms with Gasteiger partial charge in [-0.25, -0.2) is 4.39 Å². The zero-order chi connectivity index (χ0) is 21.7. The minimum atomic E-state index is -0.647. The number of piperidine rings is 1. The van der Waals surface area contributed by atoms with Gasteiger partial charge in [-0.05, 0) is 32.0 Å². The molecule has 1 aromatic heterocycles. The predicted octanol–water partition coefficient (Wildman–Crippen LogP) is 3.25. The van der Waals surface area contributed by atoms with Crippen LogP contribution in [0.1, 0.15) is 36.2 Å². The van der Waals surface area contributed by atoms with E-state index in [4.69, 9.17) is 20.6 Å². The van der Waals surface area contributed by atoms with E-state index in [1.165, 1.54) is 0 Å². The van der Waals surface area contributed by atoms with Crippen LogP contribution in [0.5, 0.6) is 5.75 Å². The number of nitrogens with one attached hydrogen (secondary N) is 1. The highest BCUT2D eigenvalue weighted by Gasteiger charge is 2.24. The number of hydrogen-bond donors (Lipinski definition) is 2. The van der Waals surface area contributed by atoms with Crippen molar-refractivity contribution in [3.05, 3.63) is 53.1 Å². The first-order chi connectivity index (χ1) is 14.3. The third-order valence-electron chi connectivity index (χ3n) is 5.03. The summed E-state index contributed by atoms with van der Waals surface area (Å²) in [6, 6.07) is 8.94. The molecule has 0 spiro atoms. The van der Waals surface area contributed by atoms with Gasteiger partial charge in [0.1, 0.15) is 30.7 Å². The molecule has 0 atom stereocenters. The number of nitrogens with two attached hydrogens (primary N) is 1. The van der Waals surface area contributed by atoms with Crippen molar-refractivity contribution in [3.8, 4) is 5.75 Å². The Balaban J connectivity index is 1.58. The van der Waals surface area contributed by atoms with Gasteiger partial charge >= 0.3 is 5.97 Å². The van der Waals surface area contributed by atoms with Crippen LogP contribution in [-0.4, -0.2) is 36.0 Å². The van der Waals surface area contributed by atoms with E-state index in [1.54, 1.807) is 18.2 Å². The number of halogens is 1. The molecule has 0 radical (unpaired) electrons. The lowest BCUT2D eigenvalue weighted by Gasteiger charge is -2.34. The fourth-order valence-electron chi connectivity index (χ4n) is 3.48. The molecule has 0 bridgehead atoms. The van der Waals surface area contributed by atoms with Gasteiger partial charge in [0.2, 0.25) is 0 Å². The smallest absolute Gasteiger partial charge is 0.313 e. The molecule has 1 fully saturated rings. The molecule has 0 saturated carbocycles. The second kappa shape index (κ2) is 9.56. The van der Waals surface area contributed by atoms with Crippen LogP contribution >= 0.6 is 0 Å². The summed E-state index contributed by atoms with van der Waals surface area (Å²) in [5, 5.41) is 7.11. The van der Waals surface area contributed by atoms with Crippen LogP contribution in [-0.2, 0) is 16.1 Å². The summed E-state index contributed by atoms with van der Waals surface area (Å²) in [6.07, 6.45) is 1.29. The Morgan fingerprint density at radius 2 is 2.00 bits per heavy atom. The molecule has 160 valence electrons. The van der Waals surface area contributed by atoms with Crippen LogP contribution in [0.4, 0.5) is 10.1 Å². The fourth-order valence-corrected chi connectivity index (χ4v) is 3.48. The average molecular weight is 414 g/mol. The maximum Gasteiger partial charge on any atom is 0.313 e. The van der Waals surface area contributed by atoms with Gasteiger partial charge in [-0.15, -0.1) is 0 Å². The topological polar surface area (TPSA) is 102 Å². The molecule has 0 unspecified atom stereocenters. The normalized spacial score (nSPS) is 14.4. The summed E-state index contributed by atoms with van der Waals surface area (Å²) in [7, 11) is 0. The maximum absolute atomic E-state index is 15.0. The first-order valence-corrected chi connectivity index (χ1v) is 9.95. The Morgan fingerprint density at radius 3 is 2.67 bits per heavy atom. The number of hydrogen-bond acceptors (Lipinski definition) is 6. The molecule has 1 saturated heterocycles. The highest BCUT2D eigenvalue weighted by Crippen LogP contribution is 2.28. The van der Waals surface area contributed by atoms with Crippen LogP contribution in [0.3, 0.4) is 0 Å². The summed E-state index contributed by atoms with van der Waals surface area (Å²) in [5.41, 5.74) is 7.79. The summed E-state index contributed by atoms with van der Waals surface area (Å²) in [5.74, 6) is -0.534. The minimum absolute atomic E-state index is 0.0586. The number of esters is 1. The number of aromatic nitrogens is 1. The standard InChI is InChI=1S/C22H27FN4O3/c1-14-6-7-19(15(2)26-14)30-17-8-10-27(11-9-17)18-5-3-4-16(22(18)23)13-29-21(28)12-20(24)25/h3-7,17H,8-13H2,1-2H3,(H3,24,25). The van der Waals surface area contributed by atoms with E-state index < -0.39 is 11.8 Å². The Labute approximate surface area is 175 Å². The Morgan fingerprint density at radius 1 is 1.27 bits per heavy atom. The first-order valence-electron chi connectivity index (χ1n) is 9.95. The van der Waals surface area contributed by atoms with Crippen LogP contribution < -0.4 is 15.4 Å². The number of amidine groups is 1. The number of pyridine rings is 1. The van der Waals surface area contributed by atoms with Gasteiger partial charge in [0.25, 0.3) is 0 Å². The number of carbonyl (C=O) groups is 1. The molecule has 3 rings (SSSR count). The third kappa shape index (κ3) is 5.46. The number of carbonyl (C=O) groups excluding carboxylic acids is 1. The predicted molar refractivity (Wildman–Crippen MR) is 112 cm³/mol. The van der Waals surface area contributed by atoms with Gasteiger partial charge in [0, 0.05) is 37.2 Å². The molecular formula is C22H27FN4O3. The molecule has 8 heteroatoms. The van der Waals surface area contributed by atoms with Crippen molar-refractivity contribution in [2.75, 3.05) is 18.0 Å². The molecule has 1 aliphatic rings. The Bertz CT molecular complexity index is 927. The zero-order valence-corrected chi connectivity index (χ0v) is 17.3. The van der Waals surface area contributed by atoms with Gasteiger partial charge in [0.15, 0.2) is 5.82 Å². The number of benzene rings is 1. The van der Waals surface area contributed by atoms with Gasteiger partial charge in [0.05, 0.1) is 11.4 Å². The number of nitrogens with zero attached hydrogens (tertiary/aromatic N) is 2. The van der Waals surface area contributed by atoms with Crippen LogP contribution in [0.25, 0.3) is 0 Å². The minimum Gasteiger partial charge on any atom is -0.488 e. The summed E-state index contributed by atoms with van der Waals surface area (Å²) >= 11 is 0. The van der Waals surface area contributed by atoms with Gasteiger partial charge in [-0.1, -0.05) is 12.1 Å². The highest BCUT2D eigenvalue weighted by molar-refractivity contribution is 5.94. The zero-order valence-electron chi connectivity index (χ0n) is 17.3. The lowest BCUT2D eigenvalue weighted by atomic mass is 10.1. The SMILES string of the molecule is Cc1ccc(OC2CCN(c3cccc(COC(=O)CC(=N)N)c3F)CC2)c(C)n1. The second-order valence-corrected chi connectivity index (χ2v) is 7.45. The molecule has 2 heterocycles. The molecule has 0 aliphatic carbocycles. The summed E-state index contributed by atoms with van der Waals surface area (Å²) < 4.78 is 26.1. The number of rotatable bonds is 7. The quantitative estimate of drug-likeness (QED) is 0.410. The molecule has 30 heavy (non-hydrogen) atoms. The summed E-state index contributed by atoms with van der Waals surface area (Å²) in [6.45, 7) is 5.01. The van der Waals surface area contributed by atoms with Crippen LogP contribution in [0.15, 0.2) is 30.3 Å². The monoisotopic (exact) mass is 414 g/mol. The molecule has 1 aliphatic heterocycles. The average Bonchev–Trinajstić information content (AvgIpc) is 2.69. The van der Waals surface area contributed by atoms with E-state index >= 15 is 0 Å². The van der Waals surface area contributed by atoms with Crippen molar-refractivity contribution in [2.45, 2.75) is 45.8 Å². The Kier molecular flexibility index (Phi) is 6.87. The Hall–Kier alpha value is -3.16. The third-order valence-corrected chi connectivity index (χ3v) is 5.03. The van der Waals surface area contributed by atoms with Crippen molar-refractivity contribution in [1.82, 2.24) is 4.98 Å². The van der Waals surface area contributed by atoms with Gasteiger partial charge < -0.3 is 20.1 Å². The lowest BCUT2D eigenvalue weighted by molar-refractivity contribution is -0.143. The van der Waals surface area contributed by atoms with Crippen molar-refractivity contribution in [1.29, 1.82) is 5.41 Å². The van der Waals surface area contributed by atoms with E-state index in [-0.39, 0.29) is 25.0 Å². The van der Waals surface area contributed by atoms with Gasteiger partial charge in [-0.2, -0.15) is 0 Å². The van der Waals surface area contributed by atoms with Crippen molar-refractivity contribution >= 4 is 17.5 Å². The fraction of sp³-hybridized carbons (Fsp3) is 0.409. The number of anilines is 1. The summed E-state index contributed by atoms with van der Waals surface area (Å²) in [4.78, 5) is 18.0. The van der Waals surface area contributed by atoms with Crippen molar-refractivity contribution in [2.24, 2.45) is 5.73 Å². The lowest BCUT2D eigenvalue weighted by Crippen LogP contribution is -2.39. The van der Waals surface area contributed by atoms with Crippen LogP contribution in [0, 0.1) is 25.1 Å². The van der Waals surface area contributed by atoms with Crippen LogP contribution in [0.2, 0.25) is 0 Å². The highest BCUT2D eigenvalue weighted by atomic mass is 19.1. The molecule has 3 N–H and O–H groups in total. The maximum atomic E-state index is 15.0. The molecule has 7 nitrogen and oxygen atoms in total. The van der Waals surface area contributed by atoms with E-state index in [2.05, 4.69) is 4.98 Å². The largest absolute Gasteiger partial charge is 0.488 e.